The van der Waals surface area contributed by atoms with E-state index in [9.17, 15) is 0 Å². The number of halogens is 1. The topological polar surface area (TPSA) is 33.1 Å². The largest absolute Gasteiger partial charge is 0.351 e. The van der Waals surface area contributed by atoms with Gasteiger partial charge in [0.05, 0.1) is 17.8 Å². The number of pyridine rings is 1. The Morgan fingerprint density at radius 3 is 2.41 bits per heavy atom. The third-order valence-corrected chi connectivity index (χ3v) is 7.27. The second kappa shape index (κ2) is 8.90. The highest BCUT2D eigenvalue weighted by Crippen LogP contribution is 2.44. The fourth-order valence-corrected chi connectivity index (χ4v) is 5.45. The number of aromatic nitrogens is 2. The number of anilines is 1. The number of nitrogens with zero attached hydrogens (tertiary/aromatic N) is 3. The highest BCUT2D eigenvalue weighted by Gasteiger charge is 2.42. The van der Waals surface area contributed by atoms with Crippen molar-refractivity contribution in [3.63, 3.8) is 0 Å². The van der Waals surface area contributed by atoms with Gasteiger partial charge in [0.1, 0.15) is 0 Å². The molecule has 0 aliphatic carbocycles. The highest BCUT2D eigenvalue weighted by molar-refractivity contribution is 7.80. The molecule has 34 heavy (non-hydrogen) atoms. The minimum atomic E-state index is -0.0800. The molecular weight excluding hydrogens is 460 g/mol. The van der Waals surface area contributed by atoms with Crippen molar-refractivity contribution in [2.45, 2.75) is 39.8 Å². The molecule has 5 rings (SSSR count). The van der Waals surface area contributed by atoms with Crippen LogP contribution in [0.25, 0.3) is 5.69 Å². The predicted octanol–water partition coefficient (Wildman–Crippen LogP) is 6.94. The summed E-state index contributed by atoms with van der Waals surface area (Å²) in [6.45, 7) is 8.57. The Hall–Kier alpha value is -3.15. The average molecular weight is 487 g/mol. The summed E-state index contributed by atoms with van der Waals surface area (Å²) < 4.78 is 2.26. The van der Waals surface area contributed by atoms with Crippen LogP contribution in [-0.2, 0) is 0 Å². The molecule has 1 aliphatic rings. The van der Waals surface area contributed by atoms with Gasteiger partial charge < -0.3 is 14.8 Å². The quantitative estimate of drug-likeness (QED) is 0.317. The van der Waals surface area contributed by atoms with Crippen LogP contribution in [0.3, 0.4) is 0 Å². The molecule has 172 valence electrons. The van der Waals surface area contributed by atoms with Crippen LogP contribution in [0.5, 0.6) is 0 Å². The second-order valence-corrected chi connectivity index (χ2v) is 9.73. The van der Waals surface area contributed by atoms with E-state index in [1.54, 1.807) is 0 Å². The molecule has 0 saturated carbocycles. The summed E-state index contributed by atoms with van der Waals surface area (Å²) in [6.07, 6.45) is 1.84. The first-order valence-corrected chi connectivity index (χ1v) is 12.2. The maximum Gasteiger partial charge on any atom is 0.174 e. The summed E-state index contributed by atoms with van der Waals surface area (Å²) in [6, 6.07) is 22.7. The Labute approximate surface area is 211 Å². The molecule has 6 heteroatoms. The van der Waals surface area contributed by atoms with Crippen LogP contribution in [0.1, 0.15) is 45.9 Å². The second-order valence-electron chi connectivity index (χ2n) is 8.91. The Kier molecular flexibility index (Phi) is 5.92. The van der Waals surface area contributed by atoms with Crippen molar-refractivity contribution in [2.75, 3.05) is 4.90 Å². The molecule has 1 fully saturated rings. The van der Waals surface area contributed by atoms with E-state index in [2.05, 4.69) is 83.9 Å². The minimum absolute atomic E-state index is 0.0522. The molecule has 4 aromatic rings. The summed E-state index contributed by atoms with van der Waals surface area (Å²) in [7, 11) is 0. The Morgan fingerprint density at radius 1 is 0.882 bits per heavy atom. The number of aryl methyl sites for hydroxylation is 3. The molecule has 2 aromatic heterocycles. The summed E-state index contributed by atoms with van der Waals surface area (Å²) in [4.78, 5) is 6.93. The molecule has 4 nitrogen and oxygen atoms in total. The first-order valence-electron chi connectivity index (χ1n) is 11.4. The van der Waals surface area contributed by atoms with Crippen LogP contribution in [0.15, 0.2) is 72.9 Å². The van der Waals surface area contributed by atoms with Gasteiger partial charge in [0.2, 0.25) is 0 Å². The lowest BCUT2D eigenvalue weighted by Crippen LogP contribution is -2.29. The van der Waals surface area contributed by atoms with Crippen molar-refractivity contribution in [1.29, 1.82) is 0 Å². The monoisotopic (exact) mass is 486 g/mol. The van der Waals surface area contributed by atoms with Gasteiger partial charge in [-0.15, -0.1) is 0 Å². The normalized spacial score (nSPS) is 17.8. The van der Waals surface area contributed by atoms with Crippen LogP contribution in [0, 0.1) is 27.7 Å². The zero-order chi connectivity index (χ0) is 24.0. The zero-order valence-corrected chi connectivity index (χ0v) is 21.3. The van der Waals surface area contributed by atoms with Gasteiger partial charge >= 0.3 is 0 Å². The minimum Gasteiger partial charge on any atom is -0.351 e. The van der Waals surface area contributed by atoms with Gasteiger partial charge in [-0.2, -0.15) is 0 Å². The van der Waals surface area contributed by atoms with E-state index in [0.717, 1.165) is 33.5 Å². The van der Waals surface area contributed by atoms with Gasteiger partial charge in [0, 0.05) is 34.0 Å². The van der Waals surface area contributed by atoms with Crippen molar-refractivity contribution in [1.82, 2.24) is 14.9 Å². The van der Waals surface area contributed by atoms with Crippen LogP contribution in [0.4, 0.5) is 5.69 Å². The fraction of sp³-hybridized carbons (Fsp3) is 0.214. The predicted molar refractivity (Wildman–Crippen MR) is 144 cm³/mol. The lowest BCUT2D eigenvalue weighted by Gasteiger charge is -2.28. The van der Waals surface area contributed by atoms with Gasteiger partial charge in [-0.3, -0.25) is 4.98 Å². The molecule has 1 aliphatic heterocycles. The van der Waals surface area contributed by atoms with E-state index in [1.807, 2.05) is 36.5 Å². The number of hydrogen-bond acceptors (Lipinski definition) is 2. The molecule has 2 aromatic carbocycles. The van der Waals surface area contributed by atoms with Gasteiger partial charge in [0.15, 0.2) is 5.11 Å². The van der Waals surface area contributed by atoms with Crippen molar-refractivity contribution >= 4 is 34.6 Å². The third kappa shape index (κ3) is 3.89. The number of nitrogens with one attached hydrogen (secondary N) is 1. The van der Waals surface area contributed by atoms with E-state index in [1.165, 1.54) is 16.7 Å². The standard InChI is InChI=1S/C28H27ClN4S/c1-17-11-12-23(14-18(17)2)33-27(26(31-28(33)34)25-10-5-6-13-30-25)24-15-19(3)32(20(24)4)22-9-7-8-21(29)16-22/h5-16,26-27H,1-4H3,(H,31,34). The smallest absolute Gasteiger partial charge is 0.174 e. The molecule has 0 bridgehead atoms. The molecule has 1 N–H and O–H groups in total. The first kappa shape index (κ1) is 22.6. The first-order chi connectivity index (χ1) is 16.3. The summed E-state index contributed by atoms with van der Waals surface area (Å²) in [5.41, 5.74) is 9.11. The Bertz CT molecular complexity index is 1380. The number of rotatable bonds is 4. The third-order valence-electron chi connectivity index (χ3n) is 6.72. The van der Waals surface area contributed by atoms with Crippen molar-refractivity contribution in [2.24, 2.45) is 0 Å². The van der Waals surface area contributed by atoms with E-state index < -0.39 is 0 Å². The van der Waals surface area contributed by atoms with E-state index in [0.29, 0.717) is 5.11 Å². The summed E-state index contributed by atoms with van der Waals surface area (Å²) in [5.74, 6) is 0. The van der Waals surface area contributed by atoms with E-state index in [4.69, 9.17) is 23.8 Å². The maximum absolute atomic E-state index is 6.33. The summed E-state index contributed by atoms with van der Waals surface area (Å²) >= 11 is 12.2. The molecule has 2 unspecified atom stereocenters. The van der Waals surface area contributed by atoms with Gasteiger partial charge in [-0.1, -0.05) is 29.8 Å². The molecule has 0 amide bonds. The number of benzene rings is 2. The SMILES string of the molecule is Cc1ccc(N2C(=S)NC(c3ccccn3)C2c2cc(C)n(-c3cccc(Cl)c3)c2C)cc1C. The van der Waals surface area contributed by atoms with Crippen LogP contribution in [-0.4, -0.2) is 14.7 Å². The van der Waals surface area contributed by atoms with Crippen LogP contribution < -0.4 is 10.2 Å². The molecule has 3 heterocycles. The summed E-state index contributed by atoms with van der Waals surface area (Å²) in [5, 5.41) is 5.00. The zero-order valence-electron chi connectivity index (χ0n) is 19.7. The van der Waals surface area contributed by atoms with Gasteiger partial charge in [0.25, 0.3) is 0 Å². The van der Waals surface area contributed by atoms with Crippen molar-refractivity contribution in [3.8, 4) is 5.69 Å². The molecule has 0 spiro atoms. The number of thiocarbonyl (C=S) groups is 1. The average Bonchev–Trinajstić information content (AvgIpc) is 3.31. The van der Waals surface area contributed by atoms with Crippen LogP contribution >= 0.6 is 23.8 Å². The van der Waals surface area contributed by atoms with Crippen molar-refractivity contribution in [3.05, 3.63) is 112 Å². The molecular formula is C28H27ClN4S. The van der Waals surface area contributed by atoms with Crippen molar-refractivity contribution < 1.29 is 0 Å². The number of hydrogen-bond donors (Lipinski definition) is 1. The van der Waals surface area contributed by atoms with Crippen LogP contribution in [0.2, 0.25) is 5.02 Å². The van der Waals surface area contributed by atoms with E-state index >= 15 is 0 Å². The van der Waals surface area contributed by atoms with E-state index in [-0.39, 0.29) is 12.1 Å². The highest BCUT2D eigenvalue weighted by atomic mass is 35.5. The van der Waals surface area contributed by atoms with Gasteiger partial charge in [-0.05, 0) is 105 Å². The Morgan fingerprint density at radius 2 is 1.71 bits per heavy atom. The molecule has 0 radical (unpaired) electrons. The lowest BCUT2D eigenvalue weighted by atomic mass is 9.96. The maximum atomic E-state index is 6.33. The fourth-order valence-electron chi connectivity index (χ4n) is 4.92. The molecule has 1 saturated heterocycles. The Balaban J connectivity index is 1.69. The molecule has 2 atom stereocenters. The lowest BCUT2D eigenvalue weighted by molar-refractivity contribution is 0.565. The van der Waals surface area contributed by atoms with Gasteiger partial charge in [-0.25, -0.2) is 0 Å².